The number of anilines is 1. The zero-order valence-corrected chi connectivity index (χ0v) is 19.5. The first-order chi connectivity index (χ1) is 16.9. The number of benzene rings is 1. The lowest BCUT2D eigenvalue weighted by molar-refractivity contribution is 0.0391. The molecule has 9 heteroatoms. The van der Waals surface area contributed by atoms with Gasteiger partial charge in [0, 0.05) is 43.5 Å². The fourth-order valence-electron chi connectivity index (χ4n) is 6.04. The van der Waals surface area contributed by atoms with E-state index in [0.717, 1.165) is 74.3 Å². The topological polar surface area (TPSA) is 54.3 Å². The molecule has 35 heavy (non-hydrogen) atoms. The van der Waals surface area contributed by atoms with Gasteiger partial charge in [0.1, 0.15) is 0 Å². The average Bonchev–Trinajstić information content (AvgIpc) is 3.50. The summed E-state index contributed by atoms with van der Waals surface area (Å²) in [4.78, 5) is 22.3. The van der Waals surface area contributed by atoms with Gasteiger partial charge in [-0.05, 0) is 56.7 Å². The summed E-state index contributed by atoms with van der Waals surface area (Å²) in [5.41, 5.74) is 3.98. The number of nitrogens with zero attached hydrogens (tertiary/aromatic N) is 5. The molecule has 2 aromatic heterocycles. The van der Waals surface area contributed by atoms with E-state index in [0.29, 0.717) is 17.7 Å². The quantitative estimate of drug-likeness (QED) is 0.505. The monoisotopic (exact) mass is 481 g/mol. The van der Waals surface area contributed by atoms with Crippen molar-refractivity contribution in [3.8, 4) is 11.3 Å². The summed E-state index contributed by atoms with van der Waals surface area (Å²) in [5.74, 6) is -4.01. The predicted octanol–water partition coefficient (Wildman–Crippen LogP) is 4.79. The Bertz CT molecular complexity index is 1290. The summed E-state index contributed by atoms with van der Waals surface area (Å²) >= 11 is 0. The van der Waals surface area contributed by atoms with Gasteiger partial charge in [-0.1, -0.05) is 0 Å². The van der Waals surface area contributed by atoms with Gasteiger partial charge >= 0.3 is 0 Å². The molecule has 0 spiro atoms. The lowest BCUT2D eigenvalue weighted by Crippen LogP contribution is -2.49. The fourth-order valence-corrected chi connectivity index (χ4v) is 6.04. The molecular formula is C26H26F3N5O. The van der Waals surface area contributed by atoms with E-state index in [9.17, 15) is 18.0 Å². The van der Waals surface area contributed by atoms with Crippen LogP contribution in [0.25, 0.3) is 11.3 Å². The van der Waals surface area contributed by atoms with Gasteiger partial charge in [0.05, 0.1) is 34.9 Å². The van der Waals surface area contributed by atoms with Crippen molar-refractivity contribution in [2.45, 2.75) is 50.6 Å². The van der Waals surface area contributed by atoms with Crippen LogP contribution in [0, 0.1) is 17.5 Å². The van der Waals surface area contributed by atoms with E-state index in [1.54, 1.807) is 17.9 Å². The van der Waals surface area contributed by atoms with Crippen LogP contribution in [-0.4, -0.2) is 44.7 Å². The SMILES string of the molecule is Cn1nc2c(c1-c1cc(F)c(F)c(F)c1)CC1CCCC2N1C(=O)c1cncc(N2CCCC2)c1. The van der Waals surface area contributed by atoms with Crippen molar-refractivity contribution >= 4 is 11.6 Å². The second kappa shape index (κ2) is 8.39. The Morgan fingerprint density at radius 1 is 1.00 bits per heavy atom. The molecular weight excluding hydrogens is 455 g/mol. The summed E-state index contributed by atoms with van der Waals surface area (Å²) in [7, 11) is 1.71. The van der Waals surface area contributed by atoms with E-state index in [1.807, 2.05) is 17.2 Å². The number of aryl methyl sites for hydroxylation is 1. The zero-order valence-electron chi connectivity index (χ0n) is 19.5. The third-order valence-corrected chi connectivity index (χ3v) is 7.61. The second-order valence-electron chi connectivity index (χ2n) is 9.73. The highest BCUT2D eigenvalue weighted by Gasteiger charge is 2.43. The van der Waals surface area contributed by atoms with Crippen molar-refractivity contribution in [3.63, 3.8) is 0 Å². The summed E-state index contributed by atoms with van der Waals surface area (Å²) in [6.07, 6.45) is 8.81. The van der Waals surface area contributed by atoms with Gasteiger partial charge in [-0.3, -0.25) is 14.5 Å². The van der Waals surface area contributed by atoms with Gasteiger partial charge in [0.2, 0.25) is 0 Å². The Labute approximate surface area is 201 Å². The van der Waals surface area contributed by atoms with E-state index in [1.165, 1.54) is 0 Å². The molecule has 1 amide bonds. The number of fused-ring (bicyclic) bond motifs is 4. The first-order valence-electron chi connectivity index (χ1n) is 12.2. The zero-order chi connectivity index (χ0) is 24.3. The van der Waals surface area contributed by atoms with E-state index < -0.39 is 17.5 Å². The summed E-state index contributed by atoms with van der Waals surface area (Å²) < 4.78 is 43.2. The Morgan fingerprint density at radius 3 is 2.49 bits per heavy atom. The molecule has 5 heterocycles. The van der Waals surface area contributed by atoms with Crippen LogP contribution in [0.1, 0.15) is 59.8 Å². The molecule has 0 saturated carbocycles. The number of pyridine rings is 1. The van der Waals surface area contributed by atoms with Gasteiger partial charge in [-0.25, -0.2) is 13.2 Å². The first kappa shape index (κ1) is 22.1. The normalized spacial score (nSPS) is 21.4. The highest BCUT2D eigenvalue weighted by atomic mass is 19.2. The number of hydrogen-bond acceptors (Lipinski definition) is 4. The fraction of sp³-hybridized carbons (Fsp3) is 0.423. The number of amides is 1. The number of piperidine rings is 1. The molecule has 2 fully saturated rings. The Kier molecular flexibility index (Phi) is 5.30. The minimum absolute atomic E-state index is 0.0534. The predicted molar refractivity (Wildman–Crippen MR) is 124 cm³/mol. The molecule has 0 aliphatic carbocycles. The second-order valence-corrected chi connectivity index (χ2v) is 9.73. The van der Waals surface area contributed by atoms with Gasteiger partial charge in [-0.15, -0.1) is 0 Å². The molecule has 182 valence electrons. The third-order valence-electron chi connectivity index (χ3n) is 7.61. The van der Waals surface area contributed by atoms with Crippen LogP contribution in [0.5, 0.6) is 0 Å². The van der Waals surface area contributed by atoms with Gasteiger partial charge in [0.25, 0.3) is 5.91 Å². The summed E-state index contributed by atoms with van der Waals surface area (Å²) in [5, 5.41) is 4.70. The maximum atomic E-state index is 14.0. The van der Waals surface area contributed by atoms with Crippen LogP contribution < -0.4 is 4.90 Å². The molecule has 2 atom stereocenters. The molecule has 0 N–H and O–H groups in total. The number of rotatable bonds is 3. The van der Waals surface area contributed by atoms with Crippen molar-refractivity contribution < 1.29 is 18.0 Å². The lowest BCUT2D eigenvalue weighted by atomic mass is 9.81. The van der Waals surface area contributed by atoms with Crippen molar-refractivity contribution in [1.82, 2.24) is 19.7 Å². The number of aromatic nitrogens is 3. The molecule has 2 bridgehead atoms. The van der Waals surface area contributed by atoms with Gasteiger partial charge in [-0.2, -0.15) is 5.10 Å². The number of hydrogen-bond donors (Lipinski definition) is 0. The van der Waals surface area contributed by atoms with Crippen LogP contribution in [0.15, 0.2) is 30.6 Å². The lowest BCUT2D eigenvalue weighted by Gasteiger charge is -2.45. The number of halogens is 3. The minimum Gasteiger partial charge on any atom is -0.370 e. The Hall–Kier alpha value is -3.36. The van der Waals surface area contributed by atoms with Crippen LogP contribution in [0.2, 0.25) is 0 Å². The van der Waals surface area contributed by atoms with Crippen LogP contribution in [-0.2, 0) is 13.5 Å². The molecule has 3 aliphatic rings. The molecule has 1 aromatic carbocycles. The molecule has 2 saturated heterocycles. The van der Waals surface area contributed by atoms with E-state index in [-0.39, 0.29) is 23.6 Å². The number of carbonyl (C=O) groups is 1. The molecule has 2 unspecified atom stereocenters. The van der Waals surface area contributed by atoms with Crippen LogP contribution in [0.3, 0.4) is 0 Å². The van der Waals surface area contributed by atoms with Crippen LogP contribution in [0.4, 0.5) is 18.9 Å². The van der Waals surface area contributed by atoms with E-state index in [2.05, 4.69) is 9.88 Å². The maximum absolute atomic E-state index is 14.0. The van der Waals surface area contributed by atoms with Crippen molar-refractivity contribution in [1.29, 1.82) is 0 Å². The Balaban J connectivity index is 1.38. The largest absolute Gasteiger partial charge is 0.370 e. The standard InChI is InChI=1S/C26H26F3N5O/c1-32-25(15-10-20(27)23(29)21(28)11-15)19-12-17-5-4-6-22(24(19)31-32)34(17)26(35)16-9-18(14-30-13-16)33-7-2-3-8-33/h9-11,13-14,17,22H,2-8,12H2,1H3. The van der Waals surface area contributed by atoms with E-state index in [4.69, 9.17) is 5.10 Å². The highest BCUT2D eigenvalue weighted by Crippen LogP contribution is 2.45. The van der Waals surface area contributed by atoms with Crippen LogP contribution >= 0.6 is 0 Å². The first-order valence-corrected chi connectivity index (χ1v) is 12.2. The van der Waals surface area contributed by atoms with Crippen molar-refractivity contribution in [3.05, 3.63) is 64.9 Å². The number of carbonyl (C=O) groups excluding carboxylic acids is 1. The smallest absolute Gasteiger partial charge is 0.256 e. The maximum Gasteiger partial charge on any atom is 0.256 e. The van der Waals surface area contributed by atoms with E-state index >= 15 is 0 Å². The molecule has 0 radical (unpaired) electrons. The Morgan fingerprint density at radius 2 is 1.74 bits per heavy atom. The van der Waals surface area contributed by atoms with Gasteiger partial charge in [0.15, 0.2) is 17.5 Å². The van der Waals surface area contributed by atoms with Gasteiger partial charge < -0.3 is 9.80 Å². The summed E-state index contributed by atoms with van der Waals surface area (Å²) in [6.45, 7) is 1.94. The molecule has 6 rings (SSSR count). The minimum atomic E-state index is -1.48. The summed E-state index contributed by atoms with van der Waals surface area (Å²) in [6, 6.07) is 3.68. The third kappa shape index (κ3) is 3.59. The average molecular weight is 482 g/mol. The van der Waals surface area contributed by atoms with Crippen molar-refractivity contribution in [2.24, 2.45) is 7.05 Å². The molecule has 3 aliphatic heterocycles. The highest BCUT2D eigenvalue weighted by molar-refractivity contribution is 5.95. The van der Waals surface area contributed by atoms with Crippen molar-refractivity contribution in [2.75, 3.05) is 18.0 Å². The molecule has 6 nitrogen and oxygen atoms in total. The molecule has 3 aromatic rings.